The Labute approximate surface area is 84.0 Å². The van der Waals surface area contributed by atoms with Crippen molar-refractivity contribution in [3.63, 3.8) is 0 Å². The van der Waals surface area contributed by atoms with Gasteiger partial charge in [-0.25, -0.2) is 0 Å². The number of rotatable bonds is 1. The number of hydrogen-bond acceptors (Lipinski definition) is 2. The second-order valence-corrected chi connectivity index (χ2v) is 3.66. The molecule has 0 saturated carbocycles. The van der Waals surface area contributed by atoms with Crippen LogP contribution in [-0.4, -0.2) is 13.1 Å². The Hall–Kier alpha value is -1.56. The van der Waals surface area contributed by atoms with Gasteiger partial charge in [-0.1, -0.05) is 0 Å². The van der Waals surface area contributed by atoms with E-state index in [0.717, 1.165) is 13.1 Å². The Morgan fingerprint density at radius 2 is 1.64 bits per heavy atom. The van der Waals surface area contributed by atoms with Gasteiger partial charge in [-0.3, -0.25) is 0 Å². The van der Waals surface area contributed by atoms with E-state index in [9.17, 15) is 0 Å². The zero-order valence-corrected chi connectivity index (χ0v) is 8.19. The van der Waals surface area contributed by atoms with Crippen LogP contribution in [0.1, 0.15) is 19.3 Å². The molecule has 1 aromatic rings. The fraction of sp³-hybridized carbons (Fsp3) is 0.455. The predicted octanol–water partition coefficient (Wildman–Crippen LogP) is 3.16. The fourth-order valence-electron chi connectivity index (χ4n) is 1.88. The third-order valence-corrected chi connectivity index (χ3v) is 2.69. The molecule has 0 radical (unpaired) electrons. The number of nitrogens with zero attached hydrogens (tertiary/aromatic N) is 3. The van der Waals surface area contributed by atoms with Gasteiger partial charge < -0.3 is 4.90 Å². The second kappa shape index (κ2) is 4.10. The molecule has 1 heterocycles. The van der Waals surface area contributed by atoms with Gasteiger partial charge in [0, 0.05) is 30.9 Å². The van der Waals surface area contributed by atoms with Gasteiger partial charge in [0.05, 0.1) is 0 Å². The Bertz CT molecular complexity index is 331. The third-order valence-electron chi connectivity index (χ3n) is 2.69. The fourth-order valence-corrected chi connectivity index (χ4v) is 1.88. The second-order valence-electron chi connectivity index (χ2n) is 3.66. The molecule has 0 spiro atoms. The molecule has 1 aliphatic rings. The first-order valence-corrected chi connectivity index (χ1v) is 5.10. The molecule has 1 aliphatic heterocycles. The summed E-state index contributed by atoms with van der Waals surface area (Å²) in [5, 5.41) is 8.55. The summed E-state index contributed by atoms with van der Waals surface area (Å²) in [7, 11) is 0. The number of piperidine rings is 1. The number of hydrogen-bond donors (Lipinski definition) is 0. The Balaban J connectivity index is 2.12. The molecule has 0 amide bonds. The summed E-state index contributed by atoms with van der Waals surface area (Å²) in [6.45, 7) is 2.30. The SMILES string of the molecule is N#[N+]c1ccc(N2CCCCC2)cc1. The molecule has 1 saturated heterocycles. The Kier molecular flexibility index (Phi) is 2.64. The standard InChI is InChI=1S/C11H14N3/c12-13-10-4-6-11(7-5-10)14-8-2-1-3-9-14/h4-7H,1-3,8-9H2/q+1. The van der Waals surface area contributed by atoms with Crippen LogP contribution in [0, 0.1) is 5.39 Å². The largest absolute Gasteiger partial charge is 0.385 e. The minimum absolute atomic E-state index is 0.616. The number of diazo groups is 1. The van der Waals surface area contributed by atoms with Crippen molar-refractivity contribution in [3.8, 4) is 0 Å². The molecule has 72 valence electrons. The average molecular weight is 188 g/mol. The van der Waals surface area contributed by atoms with Crippen LogP contribution in [0.3, 0.4) is 0 Å². The first kappa shape index (κ1) is 9.01. The molecule has 2 rings (SSSR count). The van der Waals surface area contributed by atoms with Crippen molar-refractivity contribution in [2.24, 2.45) is 0 Å². The first-order chi connectivity index (χ1) is 6.90. The van der Waals surface area contributed by atoms with Gasteiger partial charge in [0.15, 0.2) is 4.98 Å². The summed E-state index contributed by atoms with van der Waals surface area (Å²) in [5.74, 6) is 0. The van der Waals surface area contributed by atoms with Gasteiger partial charge in [0.25, 0.3) is 0 Å². The van der Waals surface area contributed by atoms with E-state index in [0.29, 0.717) is 5.69 Å². The molecular formula is C11H14N3+. The van der Waals surface area contributed by atoms with Gasteiger partial charge >= 0.3 is 5.69 Å². The van der Waals surface area contributed by atoms with E-state index >= 15 is 0 Å². The van der Waals surface area contributed by atoms with Crippen molar-refractivity contribution < 1.29 is 0 Å². The molecule has 3 heteroatoms. The van der Waals surface area contributed by atoms with Crippen LogP contribution >= 0.6 is 0 Å². The smallest absolute Gasteiger partial charge is 0.372 e. The van der Waals surface area contributed by atoms with Gasteiger partial charge in [-0.15, -0.1) is 0 Å². The lowest BCUT2D eigenvalue weighted by Gasteiger charge is -2.28. The maximum atomic E-state index is 8.55. The average Bonchev–Trinajstić information content (AvgIpc) is 2.30. The van der Waals surface area contributed by atoms with Gasteiger partial charge in [-0.05, 0) is 31.4 Å². The van der Waals surface area contributed by atoms with Crippen LogP contribution < -0.4 is 4.90 Å². The first-order valence-electron chi connectivity index (χ1n) is 5.10. The van der Waals surface area contributed by atoms with Crippen LogP contribution in [0.2, 0.25) is 0 Å². The van der Waals surface area contributed by atoms with Crippen molar-refractivity contribution in [3.05, 3.63) is 29.2 Å². The van der Waals surface area contributed by atoms with E-state index in [-0.39, 0.29) is 0 Å². The lowest BCUT2D eigenvalue weighted by molar-refractivity contribution is 0.578. The summed E-state index contributed by atoms with van der Waals surface area (Å²) in [6, 6.07) is 7.70. The van der Waals surface area contributed by atoms with Crippen molar-refractivity contribution in [1.29, 1.82) is 5.39 Å². The van der Waals surface area contributed by atoms with Crippen molar-refractivity contribution in [2.45, 2.75) is 19.3 Å². The lowest BCUT2D eigenvalue weighted by atomic mass is 10.1. The Morgan fingerprint density at radius 1 is 1.00 bits per heavy atom. The molecule has 0 aromatic heterocycles. The Morgan fingerprint density at radius 3 is 2.21 bits per heavy atom. The van der Waals surface area contributed by atoms with Crippen LogP contribution in [0.25, 0.3) is 4.98 Å². The van der Waals surface area contributed by atoms with Gasteiger partial charge in [-0.2, -0.15) is 0 Å². The van der Waals surface area contributed by atoms with E-state index in [1.165, 1.54) is 24.9 Å². The highest BCUT2D eigenvalue weighted by Crippen LogP contribution is 2.22. The van der Waals surface area contributed by atoms with E-state index < -0.39 is 0 Å². The van der Waals surface area contributed by atoms with Crippen molar-refractivity contribution in [1.82, 2.24) is 0 Å². The maximum Gasteiger partial charge on any atom is 0.385 e. The van der Waals surface area contributed by atoms with Crippen LogP contribution in [0.15, 0.2) is 24.3 Å². The molecule has 0 unspecified atom stereocenters. The third kappa shape index (κ3) is 1.85. The summed E-state index contributed by atoms with van der Waals surface area (Å²) < 4.78 is 0. The van der Waals surface area contributed by atoms with E-state index in [1.54, 1.807) is 0 Å². The highest BCUT2D eigenvalue weighted by atomic mass is 15.1. The van der Waals surface area contributed by atoms with E-state index in [4.69, 9.17) is 5.39 Å². The zero-order chi connectivity index (χ0) is 9.80. The molecule has 1 aromatic carbocycles. The van der Waals surface area contributed by atoms with Crippen molar-refractivity contribution in [2.75, 3.05) is 18.0 Å². The molecule has 0 bridgehead atoms. The van der Waals surface area contributed by atoms with Crippen LogP contribution in [0.5, 0.6) is 0 Å². The minimum Gasteiger partial charge on any atom is -0.372 e. The quantitative estimate of drug-likeness (QED) is 0.634. The van der Waals surface area contributed by atoms with E-state index in [2.05, 4.69) is 9.88 Å². The molecule has 0 atom stereocenters. The summed E-state index contributed by atoms with van der Waals surface area (Å²) in [4.78, 5) is 5.52. The number of benzene rings is 1. The zero-order valence-electron chi connectivity index (χ0n) is 8.19. The summed E-state index contributed by atoms with van der Waals surface area (Å²) in [6.07, 6.45) is 3.92. The van der Waals surface area contributed by atoms with Gasteiger partial charge in [0.1, 0.15) is 0 Å². The van der Waals surface area contributed by atoms with Crippen molar-refractivity contribution >= 4 is 11.4 Å². The van der Waals surface area contributed by atoms with E-state index in [1.807, 2.05) is 24.3 Å². The molecule has 0 aliphatic carbocycles. The lowest BCUT2D eigenvalue weighted by Crippen LogP contribution is -2.29. The summed E-state index contributed by atoms with van der Waals surface area (Å²) in [5.41, 5.74) is 1.85. The molecule has 0 N–H and O–H groups in total. The topological polar surface area (TPSA) is 31.4 Å². The maximum absolute atomic E-state index is 8.55. The monoisotopic (exact) mass is 188 g/mol. The molecule has 14 heavy (non-hydrogen) atoms. The molecule has 1 fully saturated rings. The highest BCUT2D eigenvalue weighted by Gasteiger charge is 2.11. The molecule has 3 nitrogen and oxygen atoms in total. The van der Waals surface area contributed by atoms with Crippen LogP contribution in [0.4, 0.5) is 11.4 Å². The minimum atomic E-state index is 0.616. The normalized spacial score (nSPS) is 16.4. The molecular weight excluding hydrogens is 174 g/mol. The number of anilines is 1. The predicted molar refractivity (Wildman–Crippen MR) is 57.3 cm³/mol. The highest BCUT2D eigenvalue weighted by molar-refractivity contribution is 5.55. The van der Waals surface area contributed by atoms with Gasteiger partial charge in [0.2, 0.25) is 5.39 Å². The van der Waals surface area contributed by atoms with Crippen LogP contribution in [-0.2, 0) is 0 Å². The summed E-state index contributed by atoms with van der Waals surface area (Å²) >= 11 is 0.